The smallest absolute Gasteiger partial charge is 0.231 e. The predicted octanol–water partition coefficient (Wildman–Crippen LogP) is 5.08. The quantitative estimate of drug-likeness (QED) is 0.530. The molecular formula is C23H19FN2O. The van der Waals surface area contributed by atoms with Crippen LogP contribution in [-0.4, -0.2) is 10.9 Å². The highest BCUT2D eigenvalue weighted by Gasteiger charge is 2.18. The molecule has 3 nitrogen and oxygen atoms in total. The Balaban J connectivity index is 1.64. The fraction of sp³-hybridized carbons (Fsp3) is 0.0870. The van der Waals surface area contributed by atoms with Crippen LogP contribution in [0.2, 0.25) is 0 Å². The van der Waals surface area contributed by atoms with E-state index in [-0.39, 0.29) is 18.1 Å². The van der Waals surface area contributed by atoms with Gasteiger partial charge in [0.25, 0.3) is 0 Å². The molecule has 1 aromatic heterocycles. The van der Waals surface area contributed by atoms with Gasteiger partial charge in [-0.05, 0) is 41.5 Å². The van der Waals surface area contributed by atoms with Crippen LogP contribution < -0.4 is 4.90 Å². The number of nitrogens with zero attached hydrogens (tertiary/aromatic N) is 1. The van der Waals surface area contributed by atoms with Crippen LogP contribution in [0.1, 0.15) is 11.1 Å². The Morgan fingerprint density at radius 2 is 1.63 bits per heavy atom. The van der Waals surface area contributed by atoms with Crippen LogP contribution in [0.25, 0.3) is 10.9 Å². The number of para-hydroxylation sites is 1. The number of amides is 1. The van der Waals surface area contributed by atoms with Crippen molar-refractivity contribution in [1.29, 1.82) is 0 Å². The van der Waals surface area contributed by atoms with Gasteiger partial charge in [-0.2, -0.15) is 0 Å². The van der Waals surface area contributed by atoms with Gasteiger partial charge < -0.3 is 9.88 Å². The minimum absolute atomic E-state index is 0.0322. The van der Waals surface area contributed by atoms with Crippen LogP contribution >= 0.6 is 0 Å². The van der Waals surface area contributed by atoms with E-state index in [0.717, 1.165) is 27.7 Å². The summed E-state index contributed by atoms with van der Waals surface area (Å²) in [5.41, 5.74) is 3.52. The molecule has 0 saturated heterocycles. The lowest BCUT2D eigenvalue weighted by molar-refractivity contribution is -0.118. The van der Waals surface area contributed by atoms with E-state index in [4.69, 9.17) is 0 Å². The maximum Gasteiger partial charge on any atom is 0.231 e. The Bertz CT molecular complexity index is 1060. The van der Waals surface area contributed by atoms with E-state index in [1.807, 2.05) is 60.7 Å². The van der Waals surface area contributed by atoms with Crippen LogP contribution in [-0.2, 0) is 17.8 Å². The fourth-order valence-corrected chi connectivity index (χ4v) is 3.25. The zero-order valence-electron chi connectivity index (χ0n) is 14.7. The summed E-state index contributed by atoms with van der Waals surface area (Å²) in [4.78, 5) is 18.0. The normalized spacial score (nSPS) is 10.9. The van der Waals surface area contributed by atoms with Crippen molar-refractivity contribution in [3.8, 4) is 0 Å². The lowest BCUT2D eigenvalue weighted by Gasteiger charge is -2.23. The fourth-order valence-electron chi connectivity index (χ4n) is 3.25. The lowest BCUT2D eigenvalue weighted by atomic mass is 10.1. The number of anilines is 1. The molecule has 4 aromatic rings. The summed E-state index contributed by atoms with van der Waals surface area (Å²) in [5, 5.41) is 0.746. The second-order valence-electron chi connectivity index (χ2n) is 6.48. The number of rotatable bonds is 5. The Morgan fingerprint density at radius 1 is 0.926 bits per heavy atom. The maximum atomic E-state index is 13.6. The summed E-state index contributed by atoms with van der Waals surface area (Å²) in [6.45, 7) is 0.487. The van der Waals surface area contributed by atoms with Crippen molar-refractivity contribution in [2.24, 2.45) is 0 Å². The number of aromatic nitrogens is 1. The van der Waals surface area contributed by atoms with Crippen molar-refractivity contribution >= 4 is 22.5 Å². The molecule has 1 heterocycles. The van der Waals surface area contributed by atoms with Gasteiger partial charge >= 0.3 is 0 Å². The number of halogens is 1. The highest BCUT2D eigenvalue weighted by Crippen LogP contribution is 2.23. The van der Waals surface area contributed by atoms with E-state index in [2.05, 4.69) is 4.98 Å². The Morgan fingerprint density at radius 3 is 2.37 bits per heavy atom. The van der Waals surface area contributed by atoms with Crippen LogP contribution in [0.3, 0.4) is 0 Å². The third kappa shape index (κ3) is 3.75. The number of carbonyl (C=O) groups excluding carboxylic acids is 1. The van der Waals surface area contributed by atoms with E-state index in [0.29, 0.717) is 6.54 Å². The summed E-state index contributed by atoms with van der Waals surface area (Å²) >= 11 is 0. The molecule has 3 aromatic carbocycles. The molecule has 0 aliphatic heterocycles. The summed E-state index contributed by atoms with van der Waals surface area (Å²) < 4.78 is 13.6. The van der Waals surface area contributed by atoms with E-state index < -0.39 is 0 Å². The van der Waals surface area contributed by atoms with Gasteiger partial charge in [0.2, 0.25) is 5.91 Å². The molecule has 134 valence electrons. The van der Waals surface area contributed by atoms with E-state index in [1.165, 1.54) is 12.1 Å². The van der Waals surface area contributed by atoms with Crippen molar-refractivity contribution in [3.05, 3.63) is 102 Å². The summed E-state index contributed by atoms with van der Waals surface area (Å²) in [6, 6.07) is 24.1. The monoisotopic (exact) mass is 358 g/mol. The van der Waals surface area contributed by atoms with E-state index >= 15 is 0 Å². The van der Waals surface area contributed by atoms with Gasteiger partial charge in [0, 0.05) is 22.8 Å². The summed E-state index contributed by atoms with van der Waals surface area (Å²) in [7, 11) is 0. The number of hydrogen-bond acceptors (Lipinski definition) is 1. The number of benzene rings is 3. The molecule has 0 bridgehead atoms. The third-order valence-corrected chi connectivity index (χ3v) is 4.62. The van der Waals surface area contributed by atoms with Crippen LogP contribution in [0.15, 0.2) is 85.1 Å². The molecule has 1 N–H and O–H groups in total. The molecular weight excluding hydrogens is 339 g/mol. The first-order valence-corrected chi connectivity index (χ1v) is 8.85. The number of H-pyrrole nitrogens is 1. The van der Waals surface area contributed by atoms with Crippen LogP contribution in [0.5, 0.6) is 0 Å². The SMILES string of the molecule is O=C(Cc1c[nH]c2ccc(F)cc12)N(Cc1ccccc1)c1ccccc1. The molecule has 1 amide bonds. The molecule has 0 fully saturated rings. The second kappa shape index (κ2) is 7.46. The standard InChI is InChI=1S/C23H19FN2O/c24-19-11-12-22-21(14-19)18(15-25-22)13-23(27)26(20-9-5-2-6-10-20)16-17-7-3-1-4-8-17/h1-12,14-15,25H,13,16H2. The van der Waals surface area contributed by atoms with Gasteiger partial charge in [0.1, 0.15) is 5.82 Å². The largest absolute Gasteiger partial charge is 0.361 e. The Labute approximate surface area is 157 Å². The zero-order chi connectivity index (χ0) is 18.6. The van der Waals surface area contributed by atoms with Crippen molar-refractivity contribution in [2.75, 3.05) is 4.90 Å². The molecule has 0 atom stereocenters. The lowest BCUT2D eigenvalue weighted by Crippen LogP contribution is -2.31. The number of hydrogen-bond donors (Lipinski definition) is 1. The number of fused-ring (bicyclic) bond motifs is 1. The molecule has 0 radical (unpaired) electrons. The van der Waals surface area contributed by atoms with Gasteiger partial charge in [-0.15, -0.1) is 0 Å². The van der Waals surface area contributed by atoms with Gasteiger partial charge in [0.15, 0.2) is 0 Å². The van der Waals surface area contributed by atoms with Crippen molar-refractivity contribution in [3.63, 3.8) is 0 Å². The Kier molecular flexibility index (Phi) is 4.71. The van der Waals surface area contributed by atoms with Crippen LogP contribution in [0.4, 0.5) is 10.1 Å². The first kappa shape index (κ1) is 17.0. The maximum absolute atomic E-state index is 13.6. The first-order chi connectivity index (χ1) is 13.2. The highest BCUT2D eigenvalue weighted by atomic mass is 19.1. The minimum Gasteiger partial charge on any atom is -0.361 e. The van der Waals surface area contributed by atoms with E-state index in [1.54, 1.807) is 17.2 Å². The average molecular weight is 358 g/mol. The molecule has 0 saturated carbocycles. The summed E-state index contributed by atoms with van der Waals surface area (Å²) in [6.07, 6.45) is 1.98. The van der Waals surface area contributed by atoms with E-state index in [9.17, 15) is 9.18 Å². The van der Waals surface area contributed by atoms with Gasteiger partial charge in [0.05, 0.1) is 13.0 Å². The summed E-state index contributed by atoms with van der Waals surface area (Å²) in [5.74, 6) is -0.338. The molecule has 0 spiro atoms. The predicted molar refractivity (Wildman–Crippen MR) is 106 cm³/mol. The van der Waals surface area contributed by atoms with Crippen molar-refractivity contribution in [2.45, 2.75) is 13.0 Å². The molecule has 4 heteroatoms. The minimum atomic E-state index is -0.306. The number of aromatic amines is 1. The van der Waals surface area contributed by atoms with Gasteiger partial charge in [-0.1, -0.05) is 48.5 Å². The molecule has 0 unspecified atom stereocenters. The van der Waals surface area contributed by atoms with Gasteiger partial charge in [-0.25, -0.2) is 4.39 Å². The van der Waals surface area contributed by atoms with Crippen molar-refractivity contribution in [1.82, 2.24) is 4.98 Å². The van der Waals surface area contributed by atoms with Crippen molar-refractivity contribution < 1.29 is 9.18 Å². The number of nitrogens with one attached hydrogen (secondary N) is 1. The first-order valence-electron chi connectivity index (χ1n) is 8.85. The zero-order valence-corrected chi connectivity index (χ0v) is 14.7. The molecule has 27 heavy (non-hydrogen) atoms. The van der Waals surface area contributed by atoms with Crippen LogP contribution in [0, 0.1) is 5.82 Å². The molecule has 4 rings (SSSR count). The second-order valence-corrected chi connectivity index (χ2v) is 6.48. The topological polar surface area (TPSA) is 36.1 Å². The number of carbonyl (C=O) groups is 1. The average Bonchev–Trinajstić information content (AvgIpc) is 3.09. The highest BCUT2D eigenvalue weighted by molar-refractivity contribution is 5.97. The Hall–Kier alpha value is -3.40. The molecule has 0 aliphatic carbocycles. The van der Waals surface area contributed by atoms with Gasteiger partial charge in [-0.3, -0.25) is 4.79 Å². The molecule has 0 aliphatic rings. The third-order valence-electron chi connectivity index (χ3n) is 4.62.